The predicted octanol–water partition coefficient (Wildman–Crippen LogP) is 2.62. The van der Waals surface area contributed by atoms with Gasteiger partial charge in [0.2, 0.25) is 0 Å². The molecular weight excluding hydrogens is 260 g/mol. The quantitative estimate of drug-likeness (QED) is 0.906. The van der Waals surface area contributed by atoms with Crippen LogP contribution < -0.4 is 5.73 Å². The second kappa shape index (κ2) is 6.92. The molecule has 2 atom stereocenters. The van der Waals surface area contributed by atoms with Gasteiger partial charge in [0.05, 0.1) is 0 Å². The van der Waals surface area contributed by atoms with Crippen LogP contribution in [0.2, 0.25) is 0 Å². The van der Waals surface area contributed by atoms with Crippen LogP contribution in [0.4, 0.5) is 0 Å². The fourth-order valence-corrected chi connectivity index (χ4v) is 2.80. The van der Waals surface area contributed by atoms with E-state index in [9.17, 15) is 4.79 Å². The van der Waals surface area contributed by atoms with Crippen molar-refractivity contribution in [3.05, 3.63) is 35.4 Å². The molecule has 2 rings (SSSR count). The lowest BCUT2D eigenvalue weighted by atomic mass is 9.90. The average molecular weight is 283 g/mol. The molecule has 0 bridgehead atoms. The second-order valence-electron chi connectivity index (χ2n) is 5.29. The number of halogens is 1. The molecule has 3 nitrogen and oxygen atoms in total. The van der Waals surface area contributed by atoms with Gasteiger partial charge in [0.25, 0.3) is 5.91 Å². The van der Waals surface area contributed by atoms with Crippen molar-refractivity contribution >= 4 is 18.3 Å². The van der Waals surface area contributed by atoms with Crippen LogP contribution >= 0.6 is 12.4 Å². The summed E-state index contributed by atoms with van der Waals surface area (Å²) in [6.07, 6.45) is 2.24. The Morgan fingerprint density at radius 2 is 2.21 bits per heavy atom. The number of hydrogen-bond acceptors (Lipinski definition) is 2. The van der Waals surface area contributed by atoms with Crippen LogP contribution in [0, 0.1) is 12.8 Å². The van der Waals surface area contributed by atoms with E-state index in [1.54, 1.807) is 0 Å². The Labute approximate surface area is 121 Å². The van der Waals surface area contributed by atoms with Crippen LogP contribution in [0.1, 0.15) is 35.7 Å². The maximum Gasteiger partial charge on any atom is 0.254 e. The molecule has 1 aromatic carbocycles. The van der Waals surface area contributed by atoms with Crippen molar-refractivity contribution in [1.82, 2.24) is 4.90 Å². The smallest absolute Gasteiger partial charge is 0.254 e. The zero-order chi connectivity index (χ0) is 13.1. The third kappa shape index (κ3) is 3.48. The molecule has 1 heterocycles. The minimum Gasteiger partial charge on any atom is -0.334 e. The maximum absolute atomic E-state index is 12.5. The van der Waals surface area contributed by atoms with E-state index in [1.165, 1.54) is 6.42 Å². The molecule has 0 spiro atoms. The Morgan fingerprint density at radius 1 is 1.47 bits per heavy atom. The van der Waals surface area contributed by atoms with Crippen LogP contribution in [-0.4, -0.2) is 29.9 Å². The molecular formula is C15H23ClN2O. The van der Waals surface area contributed by atoms with Crippen LogP contribution in [0.25, 0.3) is 0 Å². The Bertz CT molecular complexity index is 436. The molecule has 1 aliphatic rings. The second-order valence-corrected chi connectivity index (χ2v) is 5.29. The summed E-state index contributed by atoms with van der Waals surface area (Å²) >= 11 is 0. The van der Waals surface area contributed by atoms with E-state index in [1.807, 2.05) is 36.1 Å². The first-order chi connectivity index (χ1) is 8.63. The van der Waals surface area contributed by atoms with E-state index >= 15 is 0 Å². The molecule has 2 N–H and O–H groups in total. The van der Waals surface area contributed by atoms with Gasteiger partial charge in [0, 0.05) is 24.7 Å². The van der Waals surface area contributed by atoms with Gasteiger partial charge in [-0.25, -0.2) is 0 Å². The van der Waals surface area contributed by atoms with Crippen molar-refractivity contribution in [3.63, 3.8) is 0 Å². The van der Waals surface area contributed by atoms with Gasteiger partial charge in [-0.05, 0) is 37.8 Å². The molecule has 0 radical (unpaired) electrons. The minimum absolute atomic E-state index is 0. The van der Waals surface area contributed by atoms with Crippen molar-refractivity contribution in [2.24, 2.45) is 11.7 Å². The van der Waals surface area contributed by atoms with Gasteiger partial charge in [0.1, 0.15) is 0 Å². The van der Waals surface area contributed by atoms with Gasteiger partial charge >= 0.3 is 0 Å². The van der Waals surface area contributed by atoms with E-state index in [0.717, 1.165) is 24.1 Å². The topological polar surface area (TPSA) is 46.3 Å². The summed E-state index contributed by atoms with van der Waals surface area (Å²) in [6.45, 7) is 5.58. The Kier molecular flexibility index (Phi) is 5.83. The highest BCUT2D eigenvalue weighted by atomic mass is 35.5. The molecule has 0 aromatic heterocycles. The molecule has 1 fully saturated rings. The largest absolute Gasteiger partial charge is 0.334 e. The fraction of sp³-hybridized carbons (Fsp3) is 0.533. The van der Waals surface area contributed by atoms with Crippen LogP contribution in [0.15, 0.2) is 24.3 Å². The first-order valence-electron chi connectivity index (χ1n) is 6.71. The highest BCUT2D eigenvalue weighted by Gasteiger charge is 2.31. The fourth-order valence-electron chi connectivity index (χ4n) is 2.80. The van der Waals surface area contributed by atoms with Crippen LogP contribution in [-0.2, 0) is 0 Å². The van der Waals surface area contributed by atoms with Crippen molar-refractivity contribution in [1.29, 1.82) is 0 Å². The number of carbonyl (C=O) groups excluding carboxylic acids is 1. The van der Waals surface area contributed by atoms with Crippen molar-refractivity contribution < 1.29 is 4.79 Å². The Hall–Kier alpha value is -1.06. The SMILES string of the molecule is Cc1cccc(C(=O)N2CCCC(C)C2CN)c1.Cl. The van der Waals surface area contributed by atoms with Gasteiger partial charge in [-0.2, -0.15) is 0 Å². The van der Waals surface area contributed by atoms with Crippen molar-refractivity contribution in [3.8, 4) is 0 Å². The summed E-state index contributed by atoms with van der Waals surface area (Å²) < 4.78 is 0. The standard InChI is InChI=1S/C15H22N2O.ClH/c1-11-5-3-7-13(9-11)15(18)17-8-4-6-12(2)14(17)10-16;/h3,5,7,9,12,14H,4,6,8,10,16H2,1-2H3;1H. The molecule has 1 amide bonds. The number of amides is 1. The molecule has 1 saturated heterocycles. The molecule has 2 unspecified atom stereocenters. The normalized spacial score (nSPS) is 22.8. The van der Waals surface area contributed by atoms with Crippen molar-refractivity contribution in [2.45, 2.75) is 32.7 Å². The summed E-state index contributed by atoms with van der Waals surface area (Å²) in [5.41, 5.74) is 7.74. The third-order valence-electron chi connectivity index (χ3n) is 3.88. The zero-order valence-corrected chi connectivity index (χ0v) is 12.5. The van der Waals surface area contributed by atoms with E-state index in [-0.39, 0.29) is 24.4 Å². The van der Waals surface area contributed by atoms with E-state index in [4.69, 9.17) is 5.73 Å². The number of hydrogen-bond donors (Lipinski definition) is 1. The highest BCUT2D eigenvalue weighted by Crippen LogP contribution is 2.24. The lowest BCUT2D eigenvalue weighted by Crippen LogP contribution is -2.51. The molecule has 0 aliphatic carbocycles. The summed E-state index contributed by atoms with van der Waals surface area (Å²) in [5.74, 6) is 0.623. The van der Waals surface area contributed by atoms with Crippen LogP contribution in [0.5, 0.6) is 0 Å². The minimum atomic E-state index is 0. The number of aryl methyl sites for hydroxylation is 1. The van der Waals surface area contributed by atoms with E-state index in [0.29, 0.717) is 12.5 Å². The number of rotatable bonds is 2. The summed E-state index contributed by atoms with van der Waals surface area (Å²) in [5, 5.41) is 0. The molecule has 4 heteroatoms. The summed E-state index contributed by atoms with van der Waals surface area (Å²) in [7, 11) is 0. The first kappa shape index (κ1) is 16.0. The predicted molar refractivity (Wildman–Crippen MR) is 80.7 cm³/mol. The van der Waals surface area contributed by atoms with Gasteiger partial charge < -0.3 is 10.6 Å². The molecule has 1 aliphatic heterocycles. The lowest BCUT2D eigenvalue weighted by molar-refractivity contribution is 0.0532. The van der Waals surface area contributed by atoms with E-state index < -0.39 is 0 Å². The average Bonchev–Trinajstić information content (AvgIpc) is 2.37. The monoisotopic (exact) mass is 282 g/mol. The number of carbonyl (C=O) groups is 1. The zero-order valence-electron chi connectivity index (χ0n) is 11.6. The van der Waals surface area contributed by atoms with Gasteiger partial charge in [-0.15, -0.1) is 12.4 Å². The Morgan fingerprint density at radius 3 is 2.84 bits per heavy atom. The Balaban J connectivity index is 0.00000180. The highest BCUT2D eigenvalue weighted by molar-refractivity contribution is 5.94. The summed E-state index contributed by atoms with van der Waals surface area (Å²) in [6, 6.07) is 7.98. The molecule has 19 heavy (non-hydrogen) atoms. The van der Waals surface area contributed by atoms with Crippen LogP contribution in [0.3, 0.4) is 0 Å². The van der Waals surface area contributed by atoms with Gasteiger partial charge in [-0.3, -0.25) is 4.79 Å². The van der Waals surface area contributed by atoms with Crippen molar-refractivity contribution in [2.75, 3.05) is 13.1 Å². The maximum atomic E-state index is 12.5. The van der Waals surface area contributed by atoms with Gasteiger partial charge in [0.15, 0.2) is 0 Å². The number of piperidine rings is 1. The third-order valence-corrected chi connectivity index (χ3v) is 3.88. The lowest BCUT2D eigenvalue weighted by Gasteiger charge is -2.39. The summed E-state index contributed by atoms with van der Waals surface area (Å²) in [4.78, 5) is 14.5. The number of nitrogens with two attached hydrogens (primary N) is 1. The molecule has 1 aromatic rings. The number of benzene rings is 1. The molecule has 106 valence electrons. The number of likely N-dealkylation sites (tertiary alicyclic amines) is 1. The number of nitrogens with zero attached hydrogens (tertiary/aromatic N) is 1. The van der Waals surface area contributed by atoms with Gasteiger partial charge in [-0.1, -0.05) is 24.6 Å². The molecule has 0 saturated carbocycles. The van der Waals surface area contributed by atoms with E-state index in [2.05, 4.69) is 6.92 Å². The first-order valence-corrected chi connectivity index (χ1v) is 6.71.